The van der Waals surface area contributed by atoms with Gasteiger partial charge in [-0.15, -0.1) is 0 Å². The molecule has 5 heteroatoms. The number of halogens is 1. The van der Waals surface area contributed by atoms with Gasteiger partial charge in [0.25, 0.3) is 0 Å². The van der Waals surface area contributed by atoms with E-state index in [1.165, 1.54) is 0 Å². The summed E-state index contributed by atoms with van der Waals surface area (Å²) in [5.41, 5.74) is 0. The monoisotopic (exact) mass is 278 g/mol. The molecule has 0 fully saturated rings. The van der Waals surface area contributed by atoms with E-state index in [0.29, 0.717) is 13.0 Å². The molecule has 0 rings (SSSR count). The number of hydrogen-bond acceptors (Lipinski definition) is 2. The van der Waals surface area contributed by atoms with Gasteiger partial charge in [0.05, 0.1) is 0 Å². The van der Waals surface area contributed by atoms with Crippen LogP contribution in [0.15, 0.2) is 0 Å². The molecule has 0 aromatic carbocycles. The Morgan fingerprint density at radius 2 is 2.00 bits per heavy atom. The molecule has 0 aliphatic heterocycles. The minimum absolute atomic E-state index is 0.0605. The average molecular weight is 279 g/mol. The maximum absolute atomic E-state index is 11.3. The van der Waals surface area contributed by atoms with Crippen LogP contribution in [0.1, 0.15) is 33.1 Å². The summed E-state index contributed by atoms with van der Waals surface area (Å²) < 4.78 is 0. The van der Waals surface area contributed by atoms with Crippen molar-refractivity contribution in [3.8, 4) is 0 Å². The zero-order chi connectivity index (χ0) is 11.7. The first-order chi connectivity index (χ1) is 7.11. The Morgan fingerprint density at radius 1 is 1.33 bits per heavy atom. The summed E-state index contributed by atoms with van der Waals surface area (Å²) in [6, 6.07) is -0.443. The first-order valence-electron chi connectivity index (χ1n) is 5.24. The molecule has 1 atom stereocenters. The van der Waals surface area contributed by atoms with E-state index in [4.69, 9.17) is 0 Å². The molecule has 15 heavy (non-hydrogen) atoms. The van der Waals surface area contributed by atoms with Gasteiger partial charge in [-0.25, -0.2) is 0 Å². The lowest BCUT2D eigenvalue weighted by atomic mass is 10.2. The van der Waals surface area contributed by atoms with Crippen molar-refractivity contribution < 1.29 is 9.59 Å². The van der Waals surface area contributed by atoms with Crippen molar-refractivity contribution in [3.63, 3.8) is 0 Å². The van der Waals surface area contributed by atoms with Gasteiger partial charge < -0.3 is 10.6 Å². The van der Waals surface area contributed by atoms with Gasteiger partial charge in [-0.2, -0.15) is 0 Å². The Bertz CT molecular complexity index is 210. The smallest absolute Gasteiger partial charge is 0.242 e. The number of amides is 2. The molecule has 0 saturated carbocycles. The summed E-state index contributed by atoms with van der Waals surface area (Å²) >= 11 is 3.30. The normalized spacial score (nSPS) is 11.9. The highest BCUT2D eigenvalue weighted by Crippen LogP contribution is 1.98. The van der Waals surface area contributed by atoms with E-state index in [0.717, 1.165) is 18.2 Å². The Labute approximate surface area is 99.3 Å². The lowest BCUT2D eigenvalue weighted by Gasteiger charge is -2.12. The Kier molecular flexibility index (Phi) is 8.37. The summed E-state index contributed by atoms with van der Waals surface area (Å²) in [5.74, 6) is -0.193. The van der Waals surface area contributed by atoms with Crippen LogP contribution in [0.5, 0.6) is 0 Å². The van der Waals surface area contributed by atoms with Crippen LogP contribution in [-0.4, -0.2) is 29.7 Å². The molecule has 0 aliphatic carbocycles. The molecular weight excluding hydrogens is 260 g/mol. The standard InChI is InChI=1S/C10H19BrN2O2/c1-3-12-10(15)8(2)13-9(14)6-4-5-7-11/h8H,3-7H2,1-2H3,(H,12,15)(H,13,14). The van der Waals surface area contributed by atoms with E-state index in [1.807, 2.05) is 6.92 Å². The van der Waals surface area contributed by atoms with Crippen LogP contribution >= 0.6 is 15.9 Å². The first kappa shape index (κ1) is 14.4. The molecule has 1 unspecified atom stereocenters. The predicted molar refractivity (Wildman–Crippen MR) is 63.9 cm³/mol. The lowest BCUT2D eigenvalue weighted by Crippen LogP contribution is -2.44. The molecule has 0 radical (unpaired) electrons. The van der Waals surface area contributed by atoms with Gasteiger partial charge in [-0.1, -0.05) is 15.9 Å². The highest BCUT2D eigenvalue weighted by atomic mass is 79.9. The second kappa shape index (κ2) is 8.71. The molecule has 0 bridgehead atoms. The maximum atomic E-state index is 11.3. The molecular formula is C10H19BrN2O2. The van der Waals surface area contributed by atoms with Gasteiger partial charge in [0.1, 0.15) is 6.04 Å². The summed E-state index contributed by atoms with van der Waals surface area (Å²) in [6.45, 7) is 4.12. The number of hydrogen-bond donors (Lipinski definition) is 2. The fraction of sp³-hybridized carbons (Fsp3) is 0.800. The van der Waals surface area contributed by atoms with Crippen LogP contribution in [-0.2, 0) is 9.59 Å². The van der Waals surface area contributed by atoms with Crippen molar-refractivity contribution in [1.29, 1.82) is 0 Å². The number of carbonyl (C=O) groups excluding carboxylic acids is 2. The van der Waals surface area contributed by atoms with E-state index >= 15 is 0 Å². The van der Waals surface area contributed by atoms with Crippen molar-refractivity contribution in [3.05, 3.63) is 0 Å². The topological polar surface area (TPSA) is 58.2 Å². The van der Waals surface area contributed by atoms with Crippen LogP contribution < -0.4 is 10.6 Å². The van der Waals surface area contributed by atoms with Gasteiger partial charge in [0.2, 0.25) is 11.8 Å². The summed E-state index contributed by atoms with van der Waals surface area (Å²) in [4.78, 5) is 22.6. The van der Waals surface area contributed by atoms with E-state index in [1.54, 1.807) is 6.92 Å². The number of rotatable bonds is 7. The van der Waals surface area contributed by atoms with Crippen LogP contribution in [0.2, 0.25) is 0 Å². The van der Waals surface area contributed by atoms with Gasteiger partial charge in [0, 0.05) is 18.3 Å². The molecule has 0 saturated heterocycles. The fourth-order valence-electron chi connectivity index (χ4n) is 1.09. The van der Waals surface area contributed by atoms with Crippen molar-refractivity contribution in [1.82, 2.24) is 10.6 Å². The minimum atomic E-state index is -0.443. The molecule has 0 aromatic heterocycles. The summed E-state index contributed by atoms with van der Waals surface area (Å²) in [7, 11) is 0. The largest absolute Gasteiger partial charge is 0.355 e. The van der Waals surface area contributed by atoms with Gasteiger partial charge >= 0.3 is 0 Å². The number of alkyl halides is 1. The van der Waals surface area contributed by atoms with Crippen LogP contribution in [0.4, 0.5) is 0 Å². The van der Waals surface area contributed by atoms with Gasteiger partial charge in [-0.05, 0) is 26.7 Å². The van der Waals surface area contributed by atoms with Crippen LogP contribution in [0, 0.1) is 0 Å². The third-order valence-electron chi connectivity index (χ3n) is 1.91. The molecule has 0 aliphatic rings. The number of nitrogens with one attached hydrogen (secondary N) is 2. The van der Waals surface area contributed by atoms with E-state index in [9.17, 15) is 9.59 Å². The highest BCUT2D eigenvalue weighted by molar-refractivity contribution is 9.09. The van der Waals surface area contributed by atoms with Crippen molar-refractivity contribution >= 4 is 27.7 Å². The molecule has 2 N–H and O–H groups in total. The molecule has 0 spiro atoms. The van der Waals surface area contributed by atoms with Crippen LogP contribution in [0.3, 0.4) is 0 Å². The minimum Gasteiger partial charge on any atom is -0.355 e. The second-order valence-electron chi connectivity index (χ2n) is 3.33. The molecule has 88 valence electrons. The zero-order valence-electron chi connectivity index (χ0n) is 9.31. The van der Waals surface area contributed by atoms with E-state index in [-0.39, 0.29) is 11.8 Å². The molecule has 2 amide bonds. The van der Waals surface area contributed by atoms with Crippen LogP contribution in [0.25, 0.3) is 0 Å². The molecule has 0 heterocycles. The highest BCUT2D eigenvalue weighted by Gasteiger charge is 2.13. The third-order valence-corrected chi connectivity index (χ3v) is 2.47. The van der Waals surface area contributed by atoms with E-state index < -0.39 is 6.04 Å². The number of unbranched alkanes of at least 4 members (excludes halogenated alkanes) is 1. The predicted octanol–water partition coefficient (Wildman–Crippen LogP) is 1.19. The average Bonchev–Trinajstić information content (AvgIpc) is 2.18. The zero-order valence-corrected chi connectivity index (χ0v) is 10.9. The molecule has 0 aromatic rings. The van der Waals surface area contributed by atoms with Gasteiger partial charge in [-0.3, -0.25) is 9.59 Å². The fourth-order valence-corrected chi connectivity index (χ4v) is 1.48. The lowest BCUT2D eigenvalue weighted by molar-refractivity contribution is -0.128. The quantitative estimate of drug-likeness (QED) is 0.543. The third kappa shape index (κ3) is 7.36. The summed E-state index contributed by atoms with van der Waals surface area (Å²) in [5, 5.41) is 6.22. The van der Waals surface area contributed by atoms with Crippen molar-refractivity contribution in [2.75, 3.05) is 11.9 Å². The maximum Gasteiger partial charge on any atom is 0.242 e. The van der Waals surface area contributed by atoms with Crippen molar-refractivity contribution in [2.45, 2.75) is 39.2 Å². The second-order valence-corrected chi connectivity index (χ2v) is 4.12. The first-order valence-corrected chi connectivity index (χ1v) is 6.37. The number of likely N-dealkylation sites (N-methyl/N-ethyl adjacent to an activating group) is 1. The Morgan fingerprint density at radius 3 is 2.53 bits per heavy atom. The van der Waals surface area contributed by atoms with Gasteiger partial charge in [0.15, 0.2) is 0 Å². The number of carbonyl (C=O) groups is 2. The summed E-state index contributed by atoms with van der Waals surface area (Å²) in [6.07, 6.45) is 2.30. The van der Waals surface area contributed by atoms with E-state index in [2.05, 4.69) is 26.6 Å². The Hall–Kier alpha value is -0.580. The van der Waals surface area contributed by atoms with Crippen molar-refractivity contribution in [2.24, 2.45) is 0 Å². The molecule has 4 nitrogen and oxygen atoms in total. The Balaban J connectivity index is 3.70. The SMILES string of the molecule is CCNC(=O)C(C)NC(=O)CCCCBr.